The monoisotopic (exact) mass is 434 g/mol. The molecule has 0 spiro atoms. The number of hydrogen-bond acceptors (Lipinski definition) is 7. The van der Waals surface area contributed by atoms with Crippen molar-refractivity contribution in [3.05, 3.63) is 54.8 Å². The van der Waals surface area contributed by atoms with Gasteiger partial charge in [-0.05, 0) is 24.3 Å². The average Bonchev–Trinajstić information content (AvgIpc) is 3.50. The van der Waals surface area contributed by atoms with E-state index in [2.05, 4.69) is 15.5 Å². The van der Waals surface area contributed by atoms with Crippen molar-refractivity contribution in [2.24, 2.45) is 7.05 Å². The second-order valence-corrected chi connectivity index (χ2v) is 7.77. The lowest BCUT2D eigenvalue weighted by Crippen LogP contribution is -2.15. The fourth-order valence-electron chi connectivity index (χ4n) is 3.40. The summed E-state index contributed by atoms with van der Waals surface area (Å²) in [5.74, 6) is 1.75. The molecular weight excluding hydrogens is 416 g/mol. The number of para-hydroxylation sites is 1. The van der Waals surface area contributed by atoms with Gasteiger partial charge in [0.1, 0.15) is 16.9 Å². The van der Waals surface area contributed by atoms with E-state index in [0.717, 1.165) is 16.4 Å². The van der Waals surface area contributed by atoms with Gasteiger partial charge in [0.2, 0.25) is 5.91 Å². The number of methoxy groups -OCH3 is 1. The molecule has 1 amide bonds. The van der Waals surface area contributed by atoms with Crippen molar-refractivity contribution in [1.29, 1.82) is 0 Å². The molecule has 0 atom stereocenters. The maximum Gasteiger partial charge on any atom is 0.234 e. The summed E-state index contributed by atoms with van der Waals surface area (Å²) in [4.78, 5) is 12.6. The summed E-state index contributed by atoms with van der Waals surface area (Å²) in [5, 5.41) is 13.7. The van der Waals surface area contributed by atoms with Gasteiger partial charge in [0.15, 0.2) is 16.7 Å². The van der Waals surface area contributed by atoms with E-state index < -0.39 is 0 Å². The highest BCUT2D eigenvalue weighted by Crippen LogP contribution is 2.36. The summed E-state index contributed by atoms with van der Waals surface area (Å²) in [6.45, 7) is 0. The molecule has 9 heteroatoms. The number of thioether (sulfide) groups is 1. The molecule has 0 fully saturated rings. The molecule has 0 aliphatic heterocycles. The standard InChI is InChI=1S/C22H18N4O4S/c1-26-21(17-8-5-9-29-17)24-25-22(26)31-12-20(27)23-15-11-18-14(10-19(15)28-2)13-6-3-4-7-16(13)30-18/h3-11H,12H2,1-2H3,(H,23,27). The van der Waals surface area contributed by atoms with Crippen LogP contribution in [-0.4, -0.2) is 33.5 Å². The van der Waals surface area contributed by atoms with Gasteiger partial charge in [0, 0.05) is 23.9 Å². The molecule has 3 aromatic heterocycles. The first-order valence-corrected chi connectivity index (χ1v) is 10.5. The zero-order valence-electron chi connectivity index (χ0n) is 16.8. The lowest BCUT2D eigenvalue weighted by atomic mass is 10.1. The molecule has 0 aliphatic rings. The molecule has 5 aromatic rings. The van der Waals surface area contributed by atoms with Gasteiger partial charge in [0.25, 0.3) is 0 Å². The highest BCUT2D eigenvalue weighted by molar-refractivity contribution is 7.99. The molecule has 0 radical (unpaired) electrons. The van der Waals surface area contributed by atoms with E-state index in [0.29, 0.717) is 33.8 Å². The van der Waals surface area contributed by atoms with Gasteiger partial charge in [-0.3, -0.25) is 4.79 Å². The Kier molecular flexibility index (Phi) is 4.87. The van der Waals surface area contributed by atoms with Crippen LogP contribution in [0.4, 0.5) is 5.69 Å². The molecule has 2 aromatic carbocycles. The molecular formula is C22H18N4O4S. The summed E-state index contributed by atoms with van der Waals surface area (Å²) in [6.07, 6.45) is 1.58. The van der Waals surface area contributed by atoms with Crippen molar-refractivity contribution in [2.45, 2.75) is 5.16 Å². The van der Waals surface area contributed by atoms with Crippen molar-refractivity contribution in [3.8, 4) is 17.3 Å². The molecule has 5 rings (SSSR count). The normalized spacial score (nSPS) is 11.3. The highest BCUT2D eigenvalue weighted by Gasteiger charge is 2.17. The van der Waals surface area contributed by atoms with Crippen molar-refractivity contribution in [2.75, 3.05) is 18.2 Å². The average molecular weight is 434 g/mol. The third kappa shape index (κ3) is 3.53. The van der Waals surface area contributed by atoms with Crippen LogP contribution in [-0.2, 0) is 11.8 Å². The van der Waals surface area contributed by atoms with Crippen LogP contribution in [0, 0.1) is 0 Å². The first kappa shape index (κ1) is 19.3. The molecule has 8 nitrogen and oxygen atoms in total. The van der Waals surface area contributed by atoms with E-state index >= 15 is 0 Å². The second kappa shape index (κ2) is 7.84. The minimum absolute atomic E-state index is 0.158. The van der Waals surface area contributed by atoms with Gasteiger partial charge in [-0.1, -0.05) is 30.0 Å². The Morgan fingerprint density at radius 3 is 2.81 bits per heavy atom. The second-order valence-electron chi connectivity index (χ2n) is 6.83. The molecule has 0 unspecified atom stereocenters. The van der Waals surface area contributed by atoms with E-state index in [1.807, 2.05) is 43.4 Å². The van der Waals surface area contributed by atoms with E-state index in [-0.39, 0.29) is 11.7 Å². The number of hydrogen-bond donors (Lipinski definition) is 1. The van der Waals surface area contributed by atoms with Crippen LogP contribution < -0.4 is 10.1 Å². The molecule has 1 N–H and O–H groups in total. The number of amides is 1. The maximum absolute atomic E-state index is 12.6. The van der Waals surface area contributed by atoms with Crippen molar-refractivity contribution in [1.82, 2.24) is 14.8 Å². The minimum atomic E-state index is -0.193. The van der Waals surface area contributed by atoms with Gasteiger partial charge < -0.3 is 23.5 Å². The van der Waals surface area contributed by atoms with Crippen LogP contribution in [0.2, 0.25) is 0 Å². The fourth-order valence-corrected chi connectivity index (χ4v) is 4.11. The SMILES string of the molecule is COc1cc2c(cc1NC(=O)CSc1nnc(-c3ccco3)n1C)oc1ccccc12. The van der Waals surface area contributed by atoms with Crippen LogP contribution in [0.3, 0.4) is 0 Å². The van der Waals surface area contributed by atoms with E-state index in [1.54, 1.807) is 30.1 Å². The zero-order chi connectivity index (χ0) is 21.4. The fraction of sp³-hybridized carbons (Fsp3) is 0.136. The van der Waals surface area contributed by atoms with Crippen molar-refractivity contribution < 1.29 is 18.4 Å². The number of carbonyl (C=O) groups is 1. The number of anilines is 1. The first-order valence-electron chi connectivity index (χ1n) is 9.49. The largest absolute Gasteiger partial charge is 0.495 e. The van der Waals surface area contributed by atoms with Gasteiger partial charge in [-0.2, -0.15) is 0 Å². The zero-order valence-corrected chi connectivity index (χ0v) is 17.6. The molecule has 156 valence electrons. The number of furan rings is 2. The van der Waals surface area contributed by atoms with Crippen molar-refractivity contribution >= 4 is 45.3 Å². The quantitative estimate of drug-likeness (QED) is 0.387. The first-order chi connectivity index (χ1) is 15.1. The summed E-state index contributed by atoms with van der Waals surface area (Å²) in [7, 11) is 3.40. The van der Waals surface area contributed by atoms with Crippen LogP contribution in [0.5, 0.6) is 5.75 Å². The van der Waals surface area contributed by atoms with Crippen LogP contribution >= 0.6 is 11.8 Å². The van der Waals surface area contributed by atoms with Gasteiger partial charge in [0.05, 0.1) is 24.8 Å². The highest BCUT2D eigenvalue weighted by atomic mass is 32.2. The van der Waals surface area contributed by atoms with Gasteiger partial charge in [-0.25, -0.2) is 0 Å². The smallest absolute Gasteiger partial charge is 0.234 e. The number of aromatic nitrogens is 3. The molecule has 31 heavy (non-hydrogen) atoms. The van der Waals surface area contributed by atoms with Crippen molar-refractivity contribution in [3.63, 3.8) is 0 Å². The van der Waals surface area contributed by atoms with E-state index in [1.165, 1.54) is 11.8 Å². The Morgan fingerprint density at radius 2 is 2.00 bits per heavy atom. The number of fused-ring (bicyclic) bond motifs is 3. The Bertz CT molecular complexity index is 1390. The lowest BCUT2D eigenvalue weighted by Gasteiger charge is -2.10. The Labute approximate surface area is 181 Å². The summed E-state index contributed by atoms with van der Waals surface area (Å²) in [6, 6.07) is 15.0. The molecule has 0 saturated carbocycles. The molecule has 3 heterocycles. The Balaban J connectivity index is 1.34. The maximum atomic E-state index is 12.6. The Morgan fingerprint density at radius 1 is 1.13 bits per heavy atom. The van der Waals surface area contributed by atoms with Gasteiger partial charge in [-0.15, -0.1) is 10.2 Å². The summed E-state index contributed by atoms with van der Waals surface area (Å²) < 4.78 is 18.6. The molecule has 0 bridgehead atoms. The predicted molar refractivity (Wildman–Crippen MR) is 118 cm³/mol. The summed E-state index contributed by atoms with van der Waals surface area (Å²) >= 11 is 1.28. The van der Waals surface area contributed by atoms with Gasteiger partial charge >= 0.3 is 0 Å². The van der Waals surface area contributed by atoms with E-state index in [4.69, 9.17) is 13.6 Å². The third-order valence-electron chi connectivity index (χ3n) is 4.88. The third-order valence-corrected chi connectivity index (χ3v) is 5.90. The summed E-state index contributed by atoms with van der Waals surface area (Å²) in [5.41, 5.74) is 2.02. The molecule has 0 aliphatic carbocycles. The van der Waals surface area contributed by atoms with Crippen LogP contribution in [0.25, 0.3) is 33.5 Å². The Hall–Kier alpha value is -3.72. The number of nitrogens with one attached hydrogen (secondary N) is 1. The molecule has 0 saturated heterocycles. The topological polar surface area (TPSA) is 95.3 Å². The number of ether oxygens (including phenoxy) is 1. The number of rotatable bonds is 6. The van der Waals surface area contributed by atoms with E-state index in [9.17, 15) is 4.79 Å². The van der Waals surface area contributed by atoms with Crippen LogP contribution in [0.15, 0.2) is 68.8 Å². The lowest BCUT2D eigenvalue weighted by molar-refractivity contribution is -0.113. The number of nitrogens with zero attached hydrogens (tertiary/aromatic N) is 3. The number of benzene rings is 2. The van der Waals surface area contributed by atoms with Crippen LogP contribution in [0.1, 0.15) is 0 Å². The number of carbonyl (C=O) groups excluding carboxylic acids is 1. The minimum Gasteiger partial charge on any atom is -0.495 e. The predicted octanol–water partition coefficient (Wildman–Crippen LogP) is 4.71.